The van der Waals surface area contributed by atoms with Crippen LogP contribution in [0.2, 0.25) is 0 Å². The number of ether oxygens (including phenoxy) is 1. The fraction of sp³-hybridized carbons (Fsp3) is 0.686. The molecule has 0 aliphatic carbocycles. The van der Waals surface area contributed by atoms with Crippen molar-refractivity contribution in [1.29, 1.82) is 10.5 Å². The van der Waals surface area contributed by atoms with E-state index in [0.29, 0.717) is 23.2 Å². The smallest absolute Gasteiger partial charge is 0.410 e. The van der Waals surface area contributed by atoms with Crippen molar-refractivity contribution < 1.29 is 9.53 Å². The lowest BCUT2D eigenvalue weighted by Gasteiger charge is -2.40. The molecule has 0 atom stereocenters. The number of nitrogens with one attached hydrogen (secondary N) is 1. The molecule has 1 amide bonds. The third-order valence-electron chi connectivity index (χ3n) is 10.2. The van der Waals surface area contributed by atoms with Crippen LogP contribution in [-0.2, 0) is 4.74 Å². The van der Waals surface area contributed by atoms with Crippen molar-refractivity contribution >= 4 is 17.7 Å². The molecular weight excluding hydrogens is 592 g/mol. The van der Waals surface area contributed by atoms with Crippen LogP contribution in [0.15, 0.2) is 24.8 Å². The van der Waals surface area contributed by atoms with E-state index in [1.165, 1.54) is 51.4 Å². The second-order valence-corrected chi connectivity index (χ2v) is 14.3. The normalized spacial score (nSPS) is 20.5. The van der Waals surface area contributed by atoms with Gasteiger partial charge in [-0.25, -0.2) is 24.7 Å². The van der Waals surface area contributed by atoms with Gasteiger partial charge >= 0.3 is 6.09 Å². The zero-order valence-corrected chi connectivity index (χ0v) is 28.3. The van der Waals surface area contributed by atoms with Gasteiger partial charge in [0, 0.05) is 51.4 Å². The Hall–Kier alpha value is -4.03. The summed E-state index contributed by atoms with van der Waals surface area (Å²) < 4.78 is 5.49. The SMILES string of the molecule is CC(C)(C)OC(=O)N1CCC(C2CCN(c3cc(C#N)ncn3)CC2)CC1.N#Cc1cc(N2CCC(C3CCNCC3)CC2)ncn1. The Morgan fingerprint density at radius 1 is 0.702 bits per heavy atom. The van der Waals surface area contributed by atoms with Crippen molar-refractivity contribution in [2.45, 2.75) is 77.7 Å². The lowest BCUT2D eigenvalue weighted by molar-refractivity contribution is 0.0152. The molecule has 12 heteroatoms. The first kappa shape index (κ1) is 34.3. The molecule has 4 aliphatic rings. The number of amides is 1. The average molecular weight is 643 g/mol. The van der Waals surface area contributed by atoms with Gasteiger partial charge in [-0.15, -0.1) is 0 Å². The molecule has 6 rings (SSSR count). The summed E-state index contributed by atoms with van der Waals surface area (Å²) in [5.74, 6) is 4.88. The van der Waals surface area contributed by atoms with Crippen molar-refractivity contribution in [2.24, 2.45) is 23.7 Å². The predicted molar refractivity (Wildman–Crippen MR) is 179 cm³/mol. The maximum absolute atomic E-state index is 12.2. The Morgan fingerprint density at radius 3 is 1.51 bits per heavy atom. The number of rotatable bonds is 4. The number of aromatic nitrogens is 4. The van der Waals surface area contributed by atoms with Gasteiger partial charge in [0.2, 0.25) is 0 Å². The fourth-order valence-electron chi connectivity index (χ4n) is 7.56. The summed E-state index contributed by atoms with van der Waals surface area (Å²) in [5, 5.41) is 21.4. The van der Waals surface area contributed by atoms with Crippen molar-refractivity contribution in [3.63, 3.8) is 0 Å². The van der Waals surface area contributed by atoms with Gasteiger partial charge in [-0.3, -0.25) is 0 Å². The van der Waals surface area contributed by atoms with E-state index in [-0.39, 0.29) is 6.09 Å². The maximum Gasteiger partial charge on any atom is 0.410 e. The molecule has 0 saturated carbocycles. The van der Waals surface area contributed by atoms with Crippen molar-refractivity contribution in [2.75, 3.05) is 62.2 Å². The number of likely N-dealkylation sites (tertiary alicyclic amines) is 1. The number of hydrogen-bond donors (Lipinski definition) is 1. The van der Waals surface area contributed by atoms with Gasteiger partial charge in [-0.1, -0.05) is 0 Å². The number of nitriles is 2. The first-order valence-electron chi connectivity index (χ1n) is 17.3. The number of carbonyl (C=O) groups is 1. The van der Waals surface area contributed by atoms with Gasteiger partial charge in [0.1, 0.15) is 53.4 Å². The van der Waals surface area contributed by atoms with Crippen LogP contribution < -0.4 is 15.1 Å². The number of nitrogens with zero attached hydrogens (tertiary/aromatic N) is 9. The van der Waals surface area contributed by atoms with Crippen LogP contribution in [0.1, 0.15) is 83.5 Å². The number of piperidine rings is 4. The van der Waals surface area contributed by atoms with Gasteiger partial charge in [0.25, 0.3) is 0 Å². The van der Waals surface area contributed by atoms with Gasteiger partial charge in [0.05, 0.1) is 0 Å². The van der Waals surface area contributed by atoms with E-state index in [2.05, 4.69) is 47.2 Å². The van der Waals surface area contributed by atoms with Crippen LogP contribution >= 0.6 is 0 Å². The summed E-state index contributed by atoms with van der Waals surface area (Å²) in [7, 11) is 0. The molecule has 4 fully saturated rings. The Labute approximate surface area is 279 Å². The maximum atomic E-state index is 12.2. The van der Waals surface area contributed by atoms with Gasteiger partial charge in [0.15, 0.2) is 0 Å². The van der Waals surface area contributed by atoms with Crippen LogP contribution in [0.25, 0.3) is 0 Å². The molecule has 0 radical (unpaired) electrons. The molecule has 0 spiro atoms. The highest BCUT2D eigenvalue weighted by Crippen LogP contribution is 2.34. The summed E-state index contributed by atoms with van der Waals surface area (Å²) in [6.07, 6.45) is 12.3. The Bertz CT molecular complexity index is 1390. The molecule has 4 saturated heterocycles. The first-order valence-corrected chi connectivity index (χ1v) is 17.3. The topological polar surface area (TPSA) is 147 Å². The quantitative estimate of drug-likeness (QED) is 0.492. The van der Waals surface area contributed by atoms with Gasteiger partial charge < -0.3 is 24.8 Å². The molecule has 0 unspecified atom stereocenters. The summed E-state index contributed by atoms with van der Waals surface area (Å²) in [4.78, 5) is 35.1. The molecule has 0 bridgehead atoms. The molecular formula is C35H50N10O2. The zero-order chi connectivity index (χ0) is 33.2. The highest BCUT2D eigenvalue weighted by molar-refractivity contribution is 5.68. The van der Waals surface area contributed by atoms with Crippen LogP contribution in [0.3, 0.4) is 0 Å². The second-order valence-electron chi connectivity index (χ2n) is 14.3. The van der Waals surface area contributed by atoms with Gasteiger partial charge in [-0.2, -0.15) is 10.5 Å². The molecule has 6 heterocycles. The summed E-state index contributed by atoms with van der Waals surface area (Å²) >= 11 is 0. The van der Waals surface area contributed by atoms with E-state index < -0.39 is 5.60 Å². The van der Waals surface area contributed by atoms with Crippen molar-refractivity contribution in [3.05, 3.63) is 36.2 Å². The Morgan fingerprint density at radius 2 is 1.11 bits per heavy atom. The summed E-state index contributed by atoms with van der Waals surface area (Å²) in [5.41, 5.74) is 0.430. The zero-order valence-electron chi connectivity index (χ0n) is 28.3. The van der Waals surface area contributed by atoms with E-state index in [1.54, 1.807) is 12.1 Å². The van der Waals surface area contributed by atoms with E-state index in [4.69, 9.17) is 15.3 Å². The standard InChI is InChI=1S/C20H29N5O2.C15H21N5/c1-20(2,3)27-19(26)25-10-6-16(7-11-25)15-4-8-24(9-5-15)18-12-17(13-21)22-14-23-18;16-10-14-9-15(19-11-18-14)20-7-3-13(4-8-20)12-1-5-17-6-2-12/h12,14-16H,4-11H2,1-3H3;9,11-13,17H,1-8H2. The number of carbonyl (C=O) groups excluding carboxylic acids is 1. The van der Waals surface area contributed by atoms with Crippen molar-refractivity contribution in [1.82, 2.24) is 30.2 Å². The lowest BCUT2D eigenvalue weighted by atomic mass is 9.79. The predicted octanol–water partition coefficient (Wildman–Crippen LogP) is 4.78. The molecule has 0 aromatic carbocycles. The third kappa shape index (κ3) is 9.74. The van der Waals surface area contributed by atoms with E-state index in [1.807, 2.05) is 25.7 Å². The summed E-state index contributed by atoms with van der Waals surface area (Å²) in [6, 6.07) is 7.72. The fourth-order valence-corrected chi connectivity index (χ4v) is 7.56. The number of anilines is 2. The summed E-state index contributed by atoms with van der Waals surface area (Å²) in [6.45, 7) is 13.7. The Balaban J connectivity index is 0.000000193. The molecule has 2 aromatic rings. The molecule has 47 heavy (non-hydrogen) atoms. The van der Waals surface area contributed by atoms with Crippen LogP contribution in [-0.4, -0.2) is 88.9 Å². The van der Waals surface area contributed by atoms with Crippen LogP contribution in [0, 0.1) is 46.3 Å². The van der Waals surface area contributed by atoms with Crippen molar-refractivity contribution in [3.8, 4) is 12.1 Å². The number of hydrogen-bond acceptors (Lipinski definition) is 11. The third-order valence-corrected chi connectivity index (χ3v) is 10.2. The average Bonchev–Trinajstić information content (AvgIpc) is 3.12. The molecule has 1 N–H and O–H groups in total. The first-order chi connectivity index (χ1) is 22.7. The van der Waals surface area contributed by atoms with Crippen LogP contribution in [0.4, 0.5) is 16.4 Å². The van der Waals surface area contributed by atoms with E-state index in [0.717, 1.165) is 88.4 Å². The molecule has 252 valence electrons. The largest absolute Gasteiger partial charge is 0.444 e. The molecule has 12 nitrogen and oxygen atoms in total. The lowest BCUT2D eigenvalue weighted by Crippen LogP contribution is -2.44. The minimum Gasteiger partial charge on any atom is -0.444 e. The monoisotopic (exact) mass is 642 g/mol. The van der Waals surface area contributed by atoms with Crippen LogP contribution in [0.5, 0.6) is 0 Å². The highest BCUT2D eigenvalue weighted by atomic mass is 16.6. The van der Waals surface area contributed by atoms with E-state index >= 15 is 0 Å². The minimum absolute atomic E-state index is 0.187. The minimum atomic E-state index is -0.437. The second kappa shape index (κ2) is 16.2. The molecule has 2 aromatic heterocycles. The highest BCUT2D eigenvalue weighted by Gasteiger charge is 2.33. The van der Waals surface area contributed by atoms with Gasteiger partial charge in [-0.05, 0) is 109 Å². The van der Waals surface area contributed by atoms with E-state index in [9.17, 15) is 4.79 Å². The Kier molecular flexibility index (Phi) is 11.8. The molecule has 4 aliphatic heterocycles.